The van der Waals surface area contributed by atoms with Crippen LogP contribution in [0, 0.1) is 12.7 Å². The molecule has 0 saturated carbocycles. The van der Waals surface area contributed by atoms with Crippen LogP contribution in [0.1, 0.15) is 49.3 Å². The van der Waals surface area contributed by atoms with Gasteiger partial charge in [-0.05, 0) is 73.5 Å². The fraction of sp³-hybridized carbons (Fsp3) is 0.433. The van der Waals surface area contributed by atoms with E-state index in [2.05, 4.69) is 34.9 Å². The van der Waals surface area contributed by atoms with Crippen molar-refractivity contribution < 1.29 is 18.7 Å². The van der Waals surface area contributed by atoms with Crippen LogP contribution in [-0.2, 0) is 40.1 Å². The van der Waals surface area contributed by atoms with Crippen LogP contribution in [0.4, 0.5) is 9.18 Å². The molecule has 4 aromatic rings. The monoisotopic (exact) mass is 568 g/mol. The lowest BCUT2D eigenvalue weighted by Crippen LogP contribution is -2.37. The van der Waals surface area contributed by atoms with Crippen molar-refractivity contribution in [2.45, 2.75) is 59.0 Å². The highest BCUT2D eigenvalue weighted by atomic mass is 32.2. The van der Waals surface area contributed by atoms with Crippen molar-refractivity contribution in [1.29, 1.82) is 0 Å². The molecule has 10 heteroatoms. The van der Waals surface area contributed by atoms with Gasteiger partial charge in [-0.15, -0.1) is 0 Å². The van der Waals surface area contributed by atoms with Gasteiger partial charge >= 0.3 is 6.09 Å². The minimum atomic E-state index is -0.645. The molecule has 0 aliphatic heterocycles. The number of nitrogens with zero attached hydrogens (tertiary/aromatic N) is 4. The first kappa shape index (κ1) is 29.6. The van der Waals surface area contributed by atoms with E-state index in [-0.39, 0.29) is 5.82 Å². The highest BCUT2D eigenvalue weighted by molar-refractivity contribution is 7.95. The van der Waals surface area contributed by atoms with E-state index in [1.165, 1.54) is 12.1 Å². The van der Waals surface area contributed by atoms with Crippen molar-refractivity contribution in [2.75, 3.05) is 24.9 Å². The van der Waals surface area contributed by atoms with Crippen molar-refractivity contribution in [3.8, 4) is 0 Å². The molecule has 8 nitrogen and oxygen atoms in total. The van der Waals surface area contributed by atoms with Crippen molar-refractivity contribution in [2.24, 2.45) is 0 Å². The molecule has 0 spiro atoms. The number of imidazole rings is 1. The zero-order valence-electron chi connectivity index (χ0n) is 24.1. The molecule has 1 amide bonds. The Bertz CT molecular complexity index is 1440. The summed E-state index contributed by atoms with van der Waals surface area (Å²) in [6.45, 7) is 9.04. The van der Waals surface area contributed by atoms with Crippen LogP contribution in [0.5, 0.6) is 0 Å². The maximum atomic E-state index is 13.8. The molecule has 0 fully saturated rings. The number of aromatic nitrogens is 4. The zero-order valence-corrected chi connectivity index (χ0v) is 24.9. The Morgan fingerprint density at radius 2 is 1.98 bits per heavy atom. The highest BCUT2D eigenvalue weighted by Crippen LogP contribution is 2.25. The second-order valence-corrected chi connectivity index (χ2v) is 13.6. The molecule has 2 aromatic carbocycles. The summed E-state index contributed by atoms with van der Waals surface area (Å²) in [4.78, 5) is 17.5. The van der Waals surface area contributed by atoms with E-state index in [1.54, 1.807) is 12.3 Å². The van der Waals surface area contributed by atoms with Crippen LogP contribution in [0.2, 0.25) is 0 Å². The van der Waals surface area contributed by atoms with Gasteiger partial charge in [0.1, 0.15) is 29.7 Å². The Balaban J connectivity index is 1.59. The normalized spacial score (nSPS) is 12.7. The van der Waals surface area contributed by atoms with Gasteiger partial charge in [0.25, 0.3) is 0 Å². The number of rotatable bonds is 11. The van der Waals surface area contributed by atoms with Crippen LogP contribution < -0.4 is 5.32 Å². The maximum Gasteiger partial charge on any atom is 0.408 e. The van der Waals surface area contributed by atoms with Gasteiger partial charge < -0.3 is 19.4 Å². The summed E-state index contributed by atoms with van der Waals surface area (Å²) in [5, 5.41) is 8.74. The summed E-state index contributed by atoms with van der Waals surface area (Å²) in [7, 11) is 0.344. The predicted octanol–water partition coefficient (Wildman–Crippen LogP) is 5.39. The quantitative estimate of drug-likeness (QED) is 0.194. The van der Waals surface area contributed by atoms with Crippen LogP contribution in [0.15, 0.2) is 55.0 Å². The number of alkyl carbamates (subject to hydrolysis) is 1. The van der Waals surface area contributed by atoms with Gasteiger partial charge in [0.2, 0.25) is 0 Å². The number of carbonyl (C=O) groups excluding carboxylic acids is 1. The summed E-state index contributed by atoms with van der Waals surface area (Å²) in [5.74, 6) is 1.39. The van der Waals surface area contributed by atoms with Crippen molar-refractivity contribution in [3.05, 3.63) is 83.3 Å². The topological polar surface area (TPSA) is 83.2 Å². The number of aryl methyl sites for hydroxylation is 1. The molecule has 0 saturated heterocycles. The van der Waals surface area contributed by atoms with Crippen LogP contribution in [0.3, 0.4) is 0 Å². The Morgan fingerprint density at radius 3 is 2.70 bits per heavy atom. The second kappa shape index (κ2) is 12.9. The molecule has 1 atom stereocenters. The van der Waals surface area contributed by atoms with Crippen molar-refractivity contribution in [3.63, 3.8) is 0 Å². The van der Waals surface area contributed by atoms with E-state index in [4.69, 9.17) is 14.6 Å². The summed E-state index contributed by atoms with van der Waals surface area (Å²) in [6, 6.07) is 10.2. The number of fused-ring (bicyclic) bond motifs is 1. The predicted molar refractivity (Wildman–Crippen MR) is 158 cm³/mol. The fourth-order valence-corrected chi connectivity index (χ4v) is 4.94. The molecule has 214 valence electrons. The lowest BCUT2D eigenvalue weighted by molar-refractivity contribution is 0.0500. The Hall–Kier alpha value is -3.37. The largest absolute Gasteiger partial charge is 0.444 e. The molecule has 2 aromatic heterocycles. The highest BCUT2D eigenvalue weighted by Gasteiger charge is 2.24. The van der Waals surface area contributed by atoms with Crippen LogP contribution >= 0.6 is 0 Å². The van der Waals surface area contributed by atoms with Gasteiger partial charge in [0.05, 0.1) is 30.7 Å². The number of benzene rings is 2. The summed E-state index contributed by atoms with van der Waals surface area (Å²) < 4.78 is 29.0. The Labute approximate surface area is 238 Å². The lowest BCUT2D eigenvalue weighted by Gasteiger charge is -2.24. The number of amides is 1. The van der Waals surface area contributed by atoms with Gasteiger partial charge in [-0.25, -0.2) is 18.9 Å². The molecule has 2 heterocycles. The third-order valence-corrected chi connectivity index (χ3v) is 7.18. The third-order valence-electron chi connectivity index (χ3n) is 6.20. The van der Waals surface area contributed by atoms with E-state index in [0.717, 1.165) is 33.3 Å². The summed E-state index contributed by atoms with van der Waals surface area (Å²) in [5.41, 5.74) is 3.13. The van der Waals surface area contributed by atoms with E-state index in [9.17, 15) is 9.18 Å². The lowest BCUT2D eigenvalue weighted by atomic mass is 10.0. The third kappa shape index (κ3) is 8.32. The molecule has 4 rings (SSSR count). The molecular formula is C30H39FN5O3S+. The van der Waals surface area contributed by atoms with Gasteiger partial charge in [-0.3, -0.25) is 0 Å². The number of halogens is 1. The Morgan fingerprint density at radius 1 is 1.18 bits per heavy atom. The van der Waals surface area contributed by atoms with Gasteiger partial charge in [-0.1, -0.05) is 18.2 Å². The molecule has 0 bridgehead atoms. The minimum absolute atomic E-state index is 0.294. The standard InChI is InChI=1S/C30H38FN5O3S/c1-21-14-23(15-24-19-36(34-27(21)24)20-38-12-13-40(5)6)17-26(33-29(37)39-30(2,3)4)28-32-10-11-35(28)18-22-8-7-9-25(31)16-22/h7-11,14-16,19,26H,12-13,17-18,20H2,1-6H3/p+1. The number of nitrogens with one attached hydrogen (secondary N) is 1. The van der Waals surface area contributed by atoms with Crippen molar-refractivity contribution in [1.82, 2.24) is 24.6 Å². The fourth-order valence-electron chi connectivity index (χ4n) is 4.49. The number of hydrogen-bond donors (Lipinski definition) is 1. The van der Waals surface area contributed by atoms with Gasteiger partial charge in [0.15, 0.2) is 0 Å². The first-order chi connectivity index (χ1) is 19.0. The number of carbonyl (C=O) groups is 1. The molecule has 40 heavy (non-hydrogen) atoms. The zero-order chi connectivity index (χ0) is 28.9. The minimum Gasteiger partial charge on any atom is -0.444 e. The summed E-state index contributed by atoms with van der Waals surface area (Å²) >= 11 is 0. The molecule has 1 unspecified atom stereocenters. The van der Waals surface area contributed by atoms with Gasteiger partial charge in [0, 0.05) is 36.9 Å². The Kier molecular flexibility index (Phi) is 9.52. The van der Waals surface area contributed by atoms with Crippen LogP contribution in [0.25, 0.3) is 10.9 Å². The molecule has 0 radical (unpaired) electrons. The van der Waals surface area contributed by atoms with E-state index in [1.807, 2.05) is 55.4 Å². The maximum absolute atomic E-state index is 13.8. The SMILES string of the molecule is Cc1cc(CC(NC(=O)OC(C)(C)C)c2nccn2Cc2cccc(F)c2)cc2cn(COCC[S+](C)C)nc12. The van der Waals surface area contributed by atoms with Crippen LogP contribution in [-0.4, -0.2) is 55.9 Å². The summed E-state index contributed by atoms with van der Waals surface area (Å²) in [6.07, 6.45) is 9.88. The molecular weight excluding hydrogens is 529 g/mol. The van der Waals surface area contributed by atoms with Gasteiger partial charge in [-0.2, -0.15) is 5.10 Å². The number of ether oxygens (including phenoxy) is 2. The van der Waals surface area contributed by atoms with Crippen molar-refractivity contribution >= 4 is 27.9 Å². The first-order valence-electron chi connectivity index (χ1n) is 13.3. The number of hydrogen-bond acceptors (Lipinski definition) is 5. The average Bonchev–Trinajstić information content (AvgIpc) is 3.47. The first-order valence-corrected chi connectivity index (χ1v) is 15.5. The van der Waals surface area contributed by atoms with E-state index >= 15 is 0 Å². The molecule has 1 N–H and O–H groups in total. The smallest absolute Gasteiger partial charge is 0.408 e. The second-order valence-electron chi connectivity index (χ2n) is 11.2. The van der Waals surface area contributed by atoms with E-state index in [0.29, 0.717) is 43.0 Å². The average molecular weight is 569 g/mol. The molecule has 0 aliphatic carbocycles. The molecule has 0 aliphatic rings. The van der Waals surface area contributed by atoms with E-state index < -0.39 is 17.7 Å².